The van der Waals surface area contributed by atoms with Crippen molar-refractivity contribution in [3.63, 3.8) is 0 Å². The van der Waals surface area contributed by atoms with Crippen LogP contribution in [0.5, 0.6) is 0 Å². The van der Waals surface area contributed by atoms with Crippen molar-refractivity contribution in [3.8, 4) is 0 Å². The Bertz CT molecular complexity index is 392. The topological polar surface area (TPSA) is 34.9 Å². The van der Waals surface area contributed by atoms with Crippen LogP contribution in [0.3, 0.4) is 0 Å². The van der Waals surface area contributed by atoms with Crippen molar-refractivity contribution >= 4 is 29.3 Å². The van der Waals surface area contributed by atoms with Gasteiger partial charge in [-0.3, -0.25) is 9.48 Å². The molecule has 17 heavy (non-hydrogen) atoms. The largest absolute Gasteiger partial charge is 0.291 e. The molecule has 0 aliphatic carbocycles. The van der Waals surface area contributed by atoms with Gasteiger partial charge in [0.1, 0.15) is 5.69 Å². The van der Waals surface area contributed by atoms with E-state index in [9.17, 15) is 4.79 Å². The van der Waals surface area contributed by atoms with Gasteiger partial charge in [-0.1, -0.05) is 13.8 Å². The fraction of sp³-hybridized carbons (Fsp3) is 0.667. The lowest BCUT2D eigenvalue weighted by Crippen LogP contribution is -2.32. The number of rotatable bonds is 4. The van der Waals surface area contributed by atoms with E-state index in [-0.39, 0.29) is 11.0 Å². The molecule has 0 radical (unpaired) electrons. The maximum Gasteiger partial charge on any atom is 0.194 e. The zero-order chi connectivity index (χ0) is 12.3. The molecule has 2 atom stereocenters. The number of Topliss-reactive ketones (excluding diaryl/α,β-unsaturated/α-hetero) is 1. The molecule has 1 saturated heterocycles. The van der Waals surface area contributed by atoms with Gasteiger partial charge in [0.2, 0.25) is 0 Å². The molecular formula is C12H18N2OS2. The number of hydrogen-bond acceptors (Lipinski definition) is 4. The Morgan fingerprint density at radius 3 is 3.00 bits per heavy atom. The number of ketones is 1. The summed E-state index contributed by atoms with van der Waals surface area (Å²) in [5.74, 6) is 2.48. The average molecular weight is 270 g/mol. The van der Waals surface area contributed by atoms with Crippen LogP contribution in [0.1, 0.15) is 30.8 Å². The lowest BCUT2D eigenvalue weighted by atomic mass is 10.1. The molecule has 1 aliphatic heterocycles. The maximum absolute atomic E-state index is 12.5. The Labute approximate surface area is 111 Å². The molecule has 1 fully saturated rings. The smallest absolute Gasteiger partial charge is 0.194 e. The van der Waals surface area contributed by atoms with E-state index in [0.717, 1.165) is 30.2 Å². The highest BCUT2D eigenvalue weighted by molar-refractivity contribution is 8.07. The first kappa shape index (κ1) is 13.0. The van der Waals surface area contributed by atoms with Crippen molar-refractivity contribution in [1.29, 1.82) is 0 Å². The summed E-state index contributed by atoms with van der Waals surface area (Å²) < 4.78 is 1.84. The molecule has 2 unspecified atom stereocenters. The van der Waals surface area contributed by atoms with Gasteiger partial charge in [-0.25, -0.2) is 0 Å². The Balaban J connectivity index is 2.15. The quantitative estimate of drug-likeness (QED) is 0.788. The third-order valence-electron chi connectivity index (χ3n) is 2.85. The first-order chi connectivity index (χ1) is 8.24. The molecule has 1 aliphatic rings. The van der Waals surface area contributed by atoms with E-state index in [0.29, 0.717) is 5.25 Å². The summed E-state index contributed by atoms with van der Waals surface area (Å²) in [6, 6.07) is 1.85. The molecule has 2 heterocycles. The van der Waals surface area contributed by atoms with E-state index in [4.69, 9.17) is 0 Å². The van der Waals surface area contributed by atoms with Crippen LogP contribution in [-0.2, 0) is 6.54 Å². The van der Waals surface area contributed by atoms with Gasteiger partial charge in [-0.05, 0) is 12.5 Å². The van der Waals surface area contributed by atoms with Crippen molar-refractivity contribution in [1.82, 2.24) is 9.78 Å². The zero-order valence-corrected chi connectivity index (χ0v) is 11.9. The number of aromatic nitrogens is 2. The average Bonchev–Trinajstić information content (AvgIpc) is 2.78. The molecule has 5 heteroatoms. The van der Waals surface area contributed by atoms with Crippen molar-refractivity contribution in [2.24, 2.45) is 0 Å². The summed E-state index contributed by atoms with van der Waals surface area (Å²) >= 11 is 3.69. The monoisotopic (exact) mass is 270 g/mol. The van der Waals surface area contributed by atoms with Crippen LogP contribution < -0.4 is 0 Å². The third-order valence-corrected chi connectivity index (χ3v) is 5.94. The fourth-order valence-electron chi connectivity index (χ4n) is 2.00. The van der Waals surface area contributed by atoms with E-state index in [1.54, 1.807) is 18.0 Å². The molecule has 0 spiro atoms. The fourth-order valence-corrected chi connectivity index (χ4v) is 4.71. The maximum atomic E-state index is 12.5. The van der Waals surface area contributed by atoms with Gasteiger partial charge in [-0.15, -0.1) is 11.8 Å². The van der Waals surface area contributed by atoms with Crippen LogP contribution in [0.25, 0.3) is 0 Å². The standard InChI is InChI=1S/C12H18N2OS2/c1-3-6-14-10(4-5-13-14)11(15)12-9(2)16-7-8-17-12/h4-5,9,12H,3,6-8H2,1-2H3. The SMILES string of the molecule is CCCn1nccc1C(=O)C1SCCSC1C. The van der Waals surface area contributed by atoms with Gasteiger partial charge in [0.05, 0.1) is 5.25 Å². The van der Waals surface area contributed by atoms with Crippen molar-refractivity contribution in [3.05, 3.63) is 18.0 Å². The Morgan fingerprint density at radius 1 is 1.53 bits per heavy atom. The van der Waals surface area contributed by atoms with Gasteiger partial charge in [-0.2, -0.15) is 16.9 Å². The van der Waals surface area contributed by atoms with Gasteiger partial charge in [0.15, 0.2) is 5.78 Å². The second kappa shape index (κ2) is 5.96. The summed E-state index contributed by atoms with van der Waals surface area (Å²) in [4.78, 5) is 12.5. The predicted molar refractivity (Wildman–Crippen MR) is 75.0 cm³/mol. The number of carbonyl (C=O) groups is 1. The molecule has 1 aromatic rings. The highest BCUT2D eigenvalue weighted by Gasteiger charge is 2.31. The number of carbonyl (C=O) groups excluding carboxylic acids is 1. The van der Waals surface area contributed by atoms with Crippen LogP contribution in [-0.4, -0.2) is 37.6 Å². The van der Waals surface area contributed by atoms with E-state index in [1.807, 2.05) is 22.5 Å². The van der Waals surface area contributed by atoms with Crippen molar-refractivity contribution in [2.75, 3.05) is 11.5 Å². The second-order valence-corrected chi connectivity index (χ2v) is 6.91. The number of thioether (sulfide) groups is 2. The Kier molecular flexibility index (Phi) is 4.56. The molecule has 94 valence electrons. The molecule has 3 nitrogen and oxygen atoms in total. The Morgan fingerprint density at radius 2 is 2.29 bits per heavy atom. The minimum absolute atomic E-state index is 0.0982. The Hall–Kier alpha value is -0.420. The van der Waals surface area contributed by atoms with Crippen LogP contribution in [0, 0.1) is 0 Å². The first-order valence-corrected chi connectivity index (χ1v) is 8.13. The summed E-state index contributed by atoms with van der Waals surface area (Å²) in [5, 5.41) is 4.73. The molecule has 0 N–H and O–H groups in total. The molecule has 0 bridgehead atoms. The molecule has 0 amide bonds. The predicted octanol–water partition coefficient (Wildman–Crippen LogP) is 2.71. The summed E-state index contributed by atoms with van der Waals surface area (Å²) in [7, 11) is 0. The summed E-state index contributed by atoms with van der Waals surface area (Å²) in [6.07, 6.45) is 2.73. The van der Waals surface area contributed by atoms with Crippen LogP contribution in [0.15, 0.2) is 12.3 Å². The third kappa shape index (κ3) is 2.88. The van der Waals surface area contributed by atoms with Gasteiger partial charge in [0, 0.05) is 29.5 Å². The molecule has 0 saturated carbocycles. The molecule has 0 aromatic carbocycles. The zero-order valence-electron chi connectivity index (χ0n) is 10.3. The first-order valence-electron chi connectivity index (χ1n) is 6.03. The second-order valence-electron chi connectivity index (χ2n) is 4.17. The van der Waals surface area contributed by atoms with Gasteiger partial charge in [0.25, 0.3) is 0 Å². The van der Waals surface area contributed by atoms with Crippen molar-refractivity contribution in [2.45, 2.75) is 37.3 Å². The minimum Gasteiger partial charge on any atom is -0.291 e. The van der Waals surface area contributed by atoms with Gasteiger partial charge >= 0.3 is 0 Å². The van der Waals surface area contributed by atoms with Crippen LogP contribution >= 0.6 is 23.5 Å². The molecule has 1 aromatic heterocycles. The van der Waals surface area contributed by atoms with E-state index >= 15 is 0 Å². The number of hydrogen-bond donors (Lipinski definition) is 0. The molecule has 2 rings (SSSR count). The highest BCUT2D eigenvalue weighted by atomic mass is 32.2. The minimum atomic E-state index is 0.0982. The lowest BCUT2D eigenvalue weighted by molar-refractivity contribution is 0.0979. The number of aryl methyl sites for hydroxylation is 1. The normalized spacial score (nSPS) is 24.8. The van der Waals surface area contributed by atoms with Crippen LogP contribution in [0.2, 0.25) is 0 Å². The van der Waals surface area contributed by atoms with Gasteiger partial charge < -0.3 is 0 Å². The van der Waals surface area contributed by atoms with Crippen LogP contribution in [0.4, 0.5) is 0 Å². The number of nitrogens with zero attached hydrogens (tertiary/aromatic N) is 2. The van der Waals surface area contributed by atoms with E-state index in [1.165, 1.54) is 0 Å². The van der Waals surface area contributed by atoms with E-state index < -0.39 is 0 Å². The summed E-state index contributed by atoms with van der Waals surface area (Å²) in [6.45, 7) is 5.08. The van der Waals surface area contributed by atoms with E-state index in [2.05, 4.69) is 18.9 Å². The highest BCUT2D eigenvalue weighted by Crippen LogP contribution is 2.33. The lowest BCUT2D eigenvalue weighted by Gasteiger charge is -2.26. The van der Waals surface area contributed by atoms with Crippen molar-refractivity contribution < 1.29 is 4.79 Å². The molecular weight excluding hydrogens is 252 g/mol. The summed E-state index contributed by atoms with van der Waals surface area (Å²) in [5.41, 5.74) is 0.777.